The summed E-state index contributed by atoms with van der Waals surface area (Å²) in [5, 5.41) is 4.60. The van der Waals surface area contributed by atoms with Crippen LogP contribution < -0.4 is 24.4 Å². The molecule has 4 aromatic rings. The molecule has 0 aliphatic rings. The third-order valence-corrected chi connectivity index (χ3v) is 6.43. The predicted molar refractivity (Wildman–Crippen MR) is 155 cm³/mol. The second-order valence-electron chi connectivity index (χ2n) is 8.29. The van der Waals surface area contributed by atoms with Gasteiger partial charge in [0.2, 0.25) is 0 Å². The Morgan fingerprint density at radius 3 is 2.28 bits per heavy atom. The summed E-state index contributed by atoms with van der Waals surface area (Å²) in [6.45, 7) is 0.715. The third-order valence-electron chi connectivity index (χ3n) is 5.59. The summed E-state index contributed by atoms with van der Waals surface area (Å²) in [6.07, 6.45) is 1.52. The van der Waals surface area contributed by atoms with Gasteiger partial charge in [-0.15, -0.1) is 0 Å². The summed E-state index contributed by atoms with van der Waals surface area (Å²) in [6, 6.07) is 25.7. The largest absolute Gasteiger partial charge is 0.493 e. The Balaban J connectivity index is 1.39. The molecule has 0 atom stereocenters. The van der Waals surface area contributed by atoms with E-state index >= 15 is 0 Å². The first-order valence-electron chi connectivity index (χ1n) is 11.9. The van der Waals surface area contributed by atoms with Crippen molar-refractivity contribution in [3.05, 3.63) is 117 Å². The van der Waals surface area contributed by atoms with Gasteiger partial charge in [0.25, 0.3) is 5.91 Å². The average Bonchev–Trinajstić information content (AvgIpc) is 2.96. The predicted octanol–water partition coefficient (Wildman–Crippen LogP) is 7.04. The number of amides is 1. The van der Waals surface area contributed by atoms with Crippen LogP contribution in [0.5, 0.6) is 23.0 Å². The molecule has 0 saturated heterocycles. The molecule has 0 heterocycles. The number of hydrogen-bond acceptors (Lipinski definition) is 6. The number of rotatable bonds is 11. The molecule has 1 N–H and O–H groups in total. The zero-order valence-electron chi connectivity index (χ0n) is 21.3. The molecule has 9 heteroatoms. The van der Waals surface area contributed by atoms with E-state index < -0.39 is 0 Å². The van der Waals surface area contributed by atoms with Crippen LogP contribution in [0.3, 0.4) is 0 Å². The average molecular weight is 610 g/mol. The van der Waals surface area contributed by atoms with Crippen LogP contribution in [-0.4, -0.2) is 26.3 Å². The second-order valence-corrected chi connectivity index (χ2v) is 9.58. The van der Waals surface area contributed by atoms with E-state index in [1.807, 2.05) is 54.6 Å². The van der Waals surface area contributed by atoms with Crippen LogP contribution in [0.4, 0.5) is 0 Å². The molecule has 39 heavy (non-hydrogen) atoms. The van der Waals surface area contributed by atoms with Crippen molar-refractivity contribution < 1.29 is 23.7 Å². The summed E-state index contributed by atoms with van der Waals surface area (Å²) >= 11 is 9.41. The Bertz CT molecular complexity index is 1450. The van der Waals surface area contributed by atoms with E-state index in [0.717, 1.165) is 11.1 Å². The molecule has 4 rings (SSSR count). The number of halogens is 2. The highest BCUT2D eigenvalue weighted by Gasteiger charge is 2.13. The molecule has 0 spiro atoms. The molecular weight excluding hydrogens is 584 g/mol. The molecule has 0 aliphatic carbocycles. The second kappa shape index (κ2) is 13.7. The molecule has 0 saturated carbocycles. The molecule has 7 nitrogen and oxygen atoms in total. The maximum atomic E-state index is 12.2. The zero-order chi connectivity index (χ0) is 27.6. The monoisotopic (exact) mass is 608 g/mol. The Hall–Kier alpha value is -4.01. The van der Waals surface area contributed by atoms with Crippen LogP contribution in [0.15, 0.2) is 94.5 Å². The van der Waals surface area contributed by atoms with Gasteiger partial charge in [-0.2, -0.15) is 5.10 Å². The number of nitrogens with one attached hydrogen (secondary N) is 1. The molecule has 0 radical (unpaired) electrons. The first kappa shape index (κ1) is 28.0. The number of carbonyl (C=O) groups excluding carboxylic acids is 1. The standard InChI is InChI=1S/C30H26BrClN2O5/c1-36-27-15-21(8-13-26(27)38-18-20-6-4-3-5-7-20)19-39-29-25(31)14-22(16-28(29)37-2)17-33-34-30(35)23-9-11-24(32)12-10-23/h3-17H,18-19H2,1-2H3,(H,34,35)/b33-17+. The molecule has 0 aromatic heterocycles. The fourth-order valence-electron chi connectivity index (χ4n) is 3.60. The smallest absolute Gasteiger partial charge is 0.271 e. The molecule has 4 aromatic carbocycles. The number of benzene rings is 4. The van der Waals surface area contributed by atoms with Crippen LogP contribution >= 0.6 is 27.5 Å². The number of ether oxygens (including phenoxy) is 4. The van der Waals surface area contributed by atoms with Gasteiger partial charge in [0.05, 0.1) is 24.9 Å². The first-order chi connectivity index (χ1) is 19.0. The fraction of sp³-hybridized carbons (Fsp3) is 0.133. The minimum Gasteiger partial charge on any atom is -0.493 e. The summed E-state index contributed by atoms with van der Waals surface area (Å²) in [7, 11) is 3.16. The zero-order valence-corrected chi connectivity index (χ0v) is 23.7. The van der Waals surface area contributed by atoms with Gasteiger partial charge in [0.1, 0.15) is 13.2 Å². The Labute approximate surface area is 240 Å². The third kappa shape index (κ3) is 7.75. The van der Waals surface area contributed by atoms with Crippen LogP contribution in [0.2, 0.25) is 5.02 Å². The lowest BCUT2D eigenvalue weighted by Crippen LogP contribution is -2.17. The van der Waals surface area contributed by atoms with E-state index in [4.69, 9.17) is 30.5 Å². The van der Waals surface area contributed by atoms with Gasteiger partial charge in [0.15, 0.2) is 23.0 Å². The van der Waals surface area contributed by atoms with Crippen molar-refractivity contribution in [2.75, 3.05) is 14.2 Å². The summed E-state index contributed by atoms with van der Waals surface area (Å²) in [5.74, 6) is 1.95. The highest BCUT2D eigenvalue weighted by Crippen LogP contribution is 2.37. The van der Waals surface area contributed by atoms with Crippen molar-refractivity contribution in [1.82, 2.24) is 5.43 Å². The van der Waals surface area contributed by atoms with Crippen molar-refractivity contribution in [2.45, 2.75) is 13.2 Å². The number of carbonyl (C=O) groups is 1. The lowest BCUT2D eigenvalue weighted by molar-refractivity contribution is 0.0955. The minimum atomic E-state index is -0.346. The van der Waals surface area contributed by atoms with E-state index in [9.17, 15) is 4.79 Å². The first-order valence-corrected chi connectivity index (χ1v) is 13.1. The molecule has 0 unspecified atom stereocenters. The van der Waals surface area contributed by atoms with Gasteiger partial charge < -0.3 is 18.9 Å². The lowest BCUT2D eigenvalue weighted by atomic mass is 10.2. The Morgan fingerprint density at radius 1 is 0.846 bits per heavy atom. The Morgan fingerprint density at radius 2 is 1.56 bits per heavy atom. The van der Waals surface area contributed by atoms with Crippen LogP contribution in [-0.2, 0) is 13.2 Å². The quantitative estimate of drug-likeness (QED) is 0.146. The van der Waals surface area contributed by atoms with Gasteiger partial charge in [0, 0.05) is 10.6 Å². The van der Waals surface area contributed by atoms with Gasteiger partial charge in [-0.05, 0) is 81.2 Å². The van der Waals surface area contributed by atoms with Gasteiger partial charge in [-0.25, -0.2) is 5.43 Å². The highest BCUT2D eigenvalue weighted by atomic mass is 79.9. The fourth-order valence-corrected chi connectivity index (χ4v) is 4.30. The lowest BCUT2D eigenvalue weighted by Gasteiger charge is -2.15. The number of hydrogen-bond donors (Lipinski definition) is 1. The van der Waals surface area contributed by atoms with Crippen LogP contribution in [0.25, 0.3) is 0 Å². The topological polar surface area (TPSA) is 78.4 Å². The SMILES string of the molecule is COc1cc(COc2c(Br)cc(/C=N/NC(=O)c3ccc(Cl)cc3)cc2OC)ccc1OCc1ccccc1. The van der Waals surface area contributed by atoms with E-state index in [0.29, 0.717) is 50.2 Å². The number of hydrazone groups is 1. The molecule has 0 aliphatic heterocycles. The van der Waals surface area contributed by atoms with E-state index in [1.54, 1.807) is 44.6 Å². The van der Waals surface area contributed by atoms with Crippen LogP contribution in [0, 0.1) is 0 Å². The van der Waals surface area contributed by atoms with E-state index in [2.05, 4.69) is 26.5 Å². The molecular formula is C30H26BrClN2O5. The van der Waals surface area contributed by atoms with Crippen molar-refractivity contribution in [1.29, 1.82) is 0 Å². The normalized spacial score (nSPS) is 10.8. The van der Waals surface area contributed by atoms with E-state index in [-0.39, 0.29) is 12.5 Å². The van der Waals surface area contributed by atoms with Gasteiger partial charge in [-0.1, -0.05) is 48.0 Å². The number of nitrogens with zero attached hydrogens (tertiary/aromatic N) is 1. The Kier molecular flexibility index (Phi) is 9.83. The van der Waals surface area contributed by atoms with Crippen molar-refractivity contribution in [3.63, 3.8) is 0 Å². The summed E-state index contributed by atoms with van der Waals surface area (Å²) in [5.41, 5.74) is 5.61. The van der Waals surface area contributed by atoms with E-state index in [1.165, 1.54) is 6.21 Å². The highest BCUT2D eigenvalue weighted by molar-refractivity contribution is 9.10. The van der Waals surface area contributed by atoms with Crippen molar-refractivity contribution in [3.8, 4) is 23.0 Å². The molecule has 1 amide bonds. The van der Waals surface area contributed by atoms with Crippen LogP contribution in [0.1, 0.15) is 27.0 Å². The van der Waals surface area contributed by atoms with Gasteiger partial charge >= 0.3 is 0 Å². The maximum Gasteiger partial charge on any atom is 0.271 e. The van der Waals surface area contributed by atoms with Crippen molar-refractivity contribution in [2.24, 2.45) is 5.10 Å². The molecule has 200 valence electrons. The molecule has 0 bridgehead atoms. The minimum absolute atomic E-state index is 0.273. The van der Waals surface area contributed by atoms with Gasteiger partial charge in [-0.3, -0.25) is 4.79 Å². The number of methoxy groups -OCH3 is 2. The summed E-state index contributed by atoms with van der Waals surface area (Å²) < 4.78 is 23.8. The summed E-state index contributed by atoms with van der Waals surface area (Å²) in [4.78, 5) is 12.2. The van der Waals surface area contributed by atoms with Crippen molar-refractivity contribution >= 4 is 39.7 Å². The molecule has 0 fully saturated rings. The maximum absolute atomic E-state index is 12.2.